The van der Waals surface area contributed by atoms with Crippen LogP contribution >= 0.6 is 0 Å². The van der Waals surface area contributed by atoms with Gasteiger partial charge in [0.1, 0.15) is 8.96 Å². The van der Waals surface area contributed by atoms with Crippen LogP contribution in [-0.4, -0.2) is 27.6 Å². The third kappa shape index (κ3) is 2.17. The van der Waals surface area contributed by atoms with Gasteiger partial charge < -0.3 is 4.57 Å². The number of nitrogens with zero attached hydrogens (tertiary/aromatic N) is 1. The van der Waals surface area contributed by atoms with E-state index >= 15 is 0 Å². The second kappa shape index (κ2) is 3.69. The summed E-state index contributed by atoms with van der Waals surface area (Å²) in [5, 5.41) is 1.51. The lowest BCUT2D eigenvalue weighted by Gasteiger charge is -2.17. The molecule has 0 heterocycles. The van der Waals surface area contributed by atoms with Crippen molar-refractivity contribution in [2.45, 2.75) is 6.55 Å². The third-order valence-corrected chi connectivity index (χ3v) is 4.96. The van der Waals surface area contributed by atoms with E-state index in [-0.39, 0.29) is 0 Å². The highest BCUT2D eigenvalue weighted by atomic mass is 28.3. The van der Waals surface area contributed by atoms with E-state index in [1.165, 1.54) is 5.19 Å². The molecule has 0 bridgehead atoms. The first-order valence-corrected chi connectivity index (χ1v) is 6.18. The van der Waals surface area contributed by atoms with Gasteiger partial charge in [-0.1, -0.05) is 36.9 Å². The lowest BCUT2D eigenvalue weighted by Crippen LogP contribution is -2.40. The fourth-order valence-corrected chi connectivity index (χ4v) is 2.41. The molecule has 0 fully saturated rings. The number of benzene rings is 1. The predicted octanol–water partition coefficient (Wildman–Crippen LogP) is 0.809. The van der Waals surface area contributed by atoms with Gasteiger partial charge in [0.25, 0.3) is 0 Å². The van der Waals surface area contributed by atoms with Crippen molar-refractivity contribution in [3.8, 4) is 0 Å². The van der Waals surface area contributed by atoms with Gasteiger partial charge in [-0.15, -0.1) is 0 Å². The van der Waals surface area contributed by atoms with Crippen molar-refractivity contribution in [3.05, 3.63) is 30.3 Å². The zero-order valence-corrected chi connectivity index (χ0v) is 8.57. The Kier molecular flexibility index (Phi) is 2.85. The standard InChI is InChI=1S/C9H15NSi/c1-10(2)11(3)9-7-5-4-6-8-9/h4-8,11H,1-3H3. The monoisotopic (exact) mass is 165 g/mol. The Bertz CT molecular complexity index is 208. The van der Waals surface area contributed by atoms with E-state index in [0.29, 0.717) is 0 Å². The van der Waals surface area contributed by atoms with E-state index in [2.05, 4.69) is 55.5 Å². The van der Waals surface area contributed by atoms with Crippen molar-refractivity contribution in [2.75, 3.05) is 14.1 Å². The molecule has 2 heteroatoms. The third-order valence-electron chi connectivity index (χ3n) is 2.06. The molecule has 1 atom stereocenters. The maximum atomic E-state index is 2.34. The van der Waals surface area contributed by atoms with Gasteiger partial charge in [-0.05, 0) is 19.3 Å². The summed E-state index contributed by atoms with van der Waals surface area (Å²) in [6, 6.07) is 10.7. The Morgan fingerprint density at radius 3 is 2.09 bits per heavy atom. The van der Waals surface area contributed by atoms with Crippen LogP contribution in [-0.2, 0) is 0 Å². The van der Waals surface area contributed by atoms with Gasteiger partial charge in [0.05, 0.1) is 0 Å². The molecule has 60 valence electrons. The van der Waals surface area contributed by atoms with E-state index in [9.17, 15) is 0 Å². The van der Waals surface area contributed by atoms with E-state index in [1.54, 1.807) is 0 Å². The van der Waals surface area contributed by atoms with Crippen molar-refractivity contribution >= 4 is 14.1 Å². The van der Waals surface area contributed by atoms with Gasteiger partial charge in [-0.2, -0.15) is 0 Å². The van der Waals surface area contributed by atoms with E-state index < -0.39 is 8.96 Å². The first kappa shape index (κ1) is 8.49. The Balaban J connectivity index is 2.77. The van der Waals surface area contributed by atoms with Gasteiger partial charge in [-0.3, -0.25) is 0 Å². The second-order valence-electron chi connectivity index (χ2n) is 3.05. The summed E-state index contributed by atoms with van der Waals surface area (Å²) < 4.78 is 2.34. The molecular formula is C9H15NSi. The van der Waals surface area contributed by atoms with Crippen LogP contribution in [0, 0.1) is 0 Å². The zero-order valence-electron chi connectivity index (χ0n) is 7.41. The molecule has 0 aromatic heterocycles. The molecule has 0 radical (unpaired) electrons. The average Bonchev–Trinajstić information content (AvgIpc) is 2.05. The summed E-state index contributed by atoms with van der Waals surface area (Å²) in [7, 11) is 3.51. The smallest absolute Gasteiger partial charge is 0.140 e. The fraction of sp³-hybridized carbons (Fsp3) is 0.333. The van der Waals surface area contributed by atoms with Gasteiger partial charge >= 0.3 is 0 Å². The summed E-state index contributed by atoms with van der Waals surface area (Å²) in [6.45, 7) is 2.34. The second-order valence-corrected chi connectivity index (χ2v) is 6.10. The number of hydrogen-bond acceptors (Lipinski definition) is 1. The molecule has 1 nitrogen and oxygen atoms in total. The molecule has 1 aromatic rings. The minimum Gasteiger partial charge on any atom is -0.328 e. The van der Waals surface area contributed by atoms with Gasteiger partial charge in [-0.25, -0.2) is 0 Å². The summed E-state index contributed by atoms with van der Waals surface area (Å²) >= 11 is 0. The van der Waals surface area contributed by atoms with Crippen molar-refractivity contribution in [3.63, 3.8) is 0 Å². The lowest BCUT2D eigenvalue weighted by atomic mass is 10.4. The molecule has 11 heavy (non-hydrogen) atoms. The van der Waals surface area contributed by atoms with Gasteiger partial charge in [0, 0.05) is 0 Å². The Morgan fingerprint density at radius 1 is 1.09 bits per heavy atom. The molecule has 0 amide bonds. The molecule has 0 spiro atoms. The maximum absolute atomic E-state index is 2.34. The first-order valence-electron chi connectivity index (χ1n) is 3.93. The van der Waals surface area contributed by atoms with Crippen LogP contribution in [0.3, 0.4) is 0 Å². The molecule has 1 unspecified atom stereocenters. The Morgan fingerprint density at radius 2 is 1.64 bits per heavy atom. The zero-order chi connectivity index (χ0) is 8.27. The van der Waals surface area contributed by atoms with Gasteiger partial charge in [0.2, 0.25) is 0 Å². The molecular weight excluding hydrogens is 150 g/mol. The van der Waals surface area contributed by atoms with Gasteiger partial charge in [0.15, 0.2) is 0 Å². The van der Waals surface area contributed by atoms with Crippen LogP contribution < -0.4 is 5.19 Å². The summed E-state index contributed by atoms with van der Waals surface area (Å²) in [4.78, 5) is 0. The molecule has 0 saturated carbocycles. The topological polar surface area (TPSA) is 3.24 Å². The number of rotatable bonds is 2. The molecule has 0 aliphatic carbocycles. The highest BCUT2D eigenvalue weighted by molar-refractivity contribution is 6.69. The van der Waals surface area contributed by atoms with Crippen LogP contribution in [0.4, 0.5) is 0 Å². The van der Waals surface area contributed by atoms with Crippen LogP contribution in [0.2, 0.25) is 6.55 Å². The van der Waals surface area contributed by atoms with Crippen molar-refractivity contribution in [2.24, 2.45) is 0 Å². The highest BCUT2D eigenvalue weighted by Gasteiger charge is 2.07. The minimum atomic E-state index is -0.800. The van der Waals surface area contributed by atoms with Crippen LogP contribution in [0.1, 0.15) is 0 Å². The van der Waals surface area contributed by atoms with Crippen LogP contribution in [0.5, 0.6) is 0 Å². The quantitative estimate of drug-likeness (QED) is 0.586. The number of hydrogen-bond donors (Lipinski definition) is 0. The first-order chi connectivity index (χ1) is 5.22. The van der Waals surface area contributed by atoms with E-state index in [0.717, 1.165) is 0 Å². The summed E-state index contributed by atoms with van der Waals surface area (Å²) in [5.74, 6) is 0. The molecule has 0 aliphatic heterocycles. The lowest BCUT2D eigenvalue weighted by molar-refractivity contribution is 0.653. The van der Waals surface area contributed by atoms with Crippen LogP contribution in [0.25, 0.3) is 0 Å². The van der Waals surface area contributed by atoms with E-state index in [1.807, 2.05) is 0 Å². The average molecular weight is 165 g/mol. The Labute approximate surface area is 70.3 Å². The fourth-order valence-electron chi connectivity index (χ4n) is 1.03. The van der Waals surface area contributed by atoms with Crippen molar-refractivity contribution < 1.29 is 0 Å². The van der Waals surface area contributed by atoms with E-state index in [4.69, 9.17) is 0 Å². The Hall–Kier alpha value is -0.603. The molecule has 0 N–H and O–H groups in total. The van der Waals surface area contributed by atoms with Crippen LogP contribution in [0.15, 0.2) is 30.3 Å². The summed E-state index contributed by atoms with van der Waals surface area (Å²) in [6.07, 6.45) is 0. The SMILES string of the molecule is CN(C)[SiH](C)c1ccccc1. The normalized spacial score (nSPS) is 13.5. The molecule has 1 aromatic carbocycles. The van der Waals surface area contributed by atoms with Crippen molar-refractivity contribution in [1.82, 2.24) is 4.57 Å². The predicted molar refractivity (Wildman–Crippen MR) is 52.8 cm³/mol. The maximum Gasteiger partial charge on any atom is 0.140 e. The minimum absolute atomic E-state index is 0.800. The van der Waals surface area contributed by atoms with Crippen molar-refractivity contribution in [1.29, 1.82) is 0 Å². The summed E-state index contributed by atoms with van der Waals surface area (Å²) in [5.41, 5.74) is 0. The molecule has 0 saturated heterocycles. The molecule has 0 aliphatic rings. The largest absolute Gasteiger partial charge is 0.328 e. The highest BCUT2D eigenvalue weighted by Crippen LogP contribution is 1.90. The molecule has 1 rings (SSSR count).